The highest BCUT2D eigenvalue weighted by atomic mass is 32.1. The van der Waals surface area contributed by atoms with E-state index < -0.39 is 0 Å². The molecule has 0 aliphatic heterocycles. The van der Waals surface area contributed by atoms with Crippen LogP contribution in [-0.4, -0.2) is 33.5 Å². The summed E-state index contributed by atoms with van der Waals surface area (Å²) in [6.07, 6.45) is 0.447. The molecule has 0 N–H and O–H groups in total. The van der Waals surface area contributed by atoms with Crippen LogP contribution in [0.25, 0.3) is 11.4 Å². The van der Waals surface area contributed by atoms with Crippen LogP contribution in [0.3, 0.4) is 0 Å². The van der Waals surface area contributed by atoms with Gasteiger partial charge in [0.05, 0.1) is 12.1 Å². The van der Waals surface area contributed by atoms with E-state index in [-0.39, 0.29) is 24.9 Å². The molecule has 0 bridgehead atoms. The lowest BCUT2D eigenvalue weighted by Gasteiger charge is -2.14. The van der Waals surface area contributed by atoms with Gasteiger partial charge in [-0.05, 0) is 18.4 Å². The Balaban J connectivity index is 1.46. The van der Waals surface area contributed by atoms with Gasteiger partial charge in [0.2, 0.25) is 17.6 Å². The second-order valence-corrected chi connectivity index (χ2v) is 7.19. The second kappa shape index (κ2) is 8.87. The highest BCUT2D eigenvalue weighted by Crippen LogP contribution is 2.21. The molecular weight excluding hydrogens is 388 g/mol. The van der Waals surface area contributed by atoms with Crippen molar-refractivity contribution in [3.05, 3.63) is 33.8 Å². The van der Waals surface area contributed by atoms with Crippen molar-refractivity contribution in [2.24, 2.45) is 0 Å². The molecular formula is C17H18N4O4S2. The fourth-order valence-corrected chi connectivity index (χ4v) is 3.83. The predicted octanol–water partition coefficient (Wildman–Crippen LogP) is 3.30. The van der Waals surface area contributed by atoms with Gasteiger partial charge >= 0.3 is 5.97 Å². The molecule has 3 aromatic heterocycles. The fraction of sp³-hybridized carbons (Fsp3) is 0.353. The topological polar surface area (TPSA) is 98.4 Å². The van der Waals surface area contributed by atoms with Crippen LogP contribution in [0.2, 0.25) is 0 Å². The summed E-state index contributed by atoms with van der Waals surface area (Å²) in [6, 6.07) is 1.90. The number of rotatable bonds is 8. The lowest BCUT2D eigenvalue weighted by molar-refractivity contribution is -0.145. The van der Waals surface area contributed by atoms with E-state index in [1.807, 2.05) is 23.8 Å². The van der Waals surface area contributed by atoms with Crippen molar-refractivity contribution in [3.8, 4) is 11.4 Å². The van der Waals surface area contributed by atoms with Crippen LogP contribution in [0.4, 0.5) is 5.13 Å². The molecule has 0 aliphatic rings. The molecule has 0 saturated heterocycles. The number of carbonyl (C=O) groups excluding carboxylic acids is 2. The summed E-state index contributed by atoms with van der Waals surface area (Å²) in [4.78, 5) is 33.6. The Morgan fingerprint density at radius 3 is 2.85 bits per heavy atom. The van der Waals surface area contributed by atoms with E-state index >= 15 is 0 Å². The minimum atomic E-state index is -0.376. The van der Waals surface area contributed by atoms with Crippen LogP contribution in [0, 0.1) is 0 Å². The molecule has 142 valence electrons. The first-order chi connectivity index (χ1) is 13.1. The van der Waals surface area contributed by atoms with Crippen LogP contribution < -0.4 is 4.90 Å². The van der Waals surface area contributed by atoms with Gasteiger partial charge in [-0.25, -0.2) is 4.98 Å². The van der Waals surface area contributed by atoms with E-state index in [9.17, 15) is 9.59 Å². The molecule has 0 fully saturated rings. The fourth-order valence-electron chi connectivity index (χ4n) is 2.28. The summed E-state index contributed by atoms with van der Waals surface area (Å²) in [5.74, 6) is 0.459. The molecule has 10 heteroatoms. The van der Waals surface area contributed by atoms with E-state index in [1.165, 1.54) is 18.3 Å². The number of amides is 1. The molecule has 0 unspecified atom stereocenters. The number of thiophene rings is 1. The first kappa shape index (κ1) is 19.2. The van der Waals surface area contributed by atoms with Crippen molar-refractivity contribution in [1.29, 1.82) is 0 Å². The number of anilines is 1. The van der Waals surface area contributed by atoms with Crippen LogP contribution >= 0.6 is 22.7 Å². The SMILES string of the molecule is CCN(C(C)=O)c1nc(COC(=O)CCc2nc(-c3ccsc3)no2)cs1. The Morgan fingerprint density at radius 1 is 1.30 bits per heavy atom. The van der Waals surface area contributed by atoms with Crippen molar-refractivity contribution >= 4 is 39.7 Å². The van der Waals surface area contributed by atoms with E-state index in [0.717, 1.165) is 5.56 Å². The number of hydrogen-bond donors (Lipinski definition) is 0. The van der Waals surface area contributed by atoms with Crippen molar-refractivity contribution in [1.82, 2.24) is 15.1 Å². The van der Waals surface area contributed by atoms with Gasteiger partial charge in [0.25, 0.3) is 0 Å². The van der Waals surface area contributed by atoms with Gasteiger partial charge in [-0.1, -0.05) is 5.16 Å². The van der Waals surface area contributed by atoms with Gasteiger partial charge < -0.3 is 9.26 Å². The number of aryl methyl sites for hydroxylation is 1. The van der Waals surface area contributed by atoms with Gasteiger partial charge in [0.15, 0.2) is 5.13 Å². The standard InChI is InChI=1S/C17H18N4O4S2/c1-3-21(11(2)22)17-18-13(10-27-17)8-24-15(23)5-4-14-19-16(20-25-14)12-6-7-26-9-12/h6-7,9-10H,3-5,8H2,1-2H3. The normalized spacial score (nSPS) is 10.7. The lowest BCUT2D eigenvalue weighted by Crippen LogP contribution is -2.27. The number of esters is 1. The maximum Gasteiger partial charge on any atom is 0.306 e. The van der Waals surface area contributed by atoms with Crippen molar-refractivity contribution in [3.63, 3.8) is 0 Å². The zero-order valence-corrected chi connectivity index (χ0v) is 16.5. The summed E-state index contributed by atoms with van der Waals surface area (Å²) in [6.45, 7) is 3.98. The minimum Gasteiger partial charge on any atom is -0.459 e. The molecule has 3 heterocycles. The molecule has 3 aromatic rings. The average molecular weight is 406 g/mol. The van der Waals surface area contributed by atoms with E-state index in [0.29, 0.717) is 35.5 Å². The summed E-state index contributed by atoms with van der Waals surface area (Å²) in [7, 11) is 0. The van der Waals surface area contributed by atoms with Crippen molar-refractivity contribution < 1.29 is 18.8 Å². The second-order valence-electron chi connectivity index (χ2n) is 5.57. The van der Waals surface area contributed by atoms with Gasteiger partial charge in [0, 0.05) is 36.2 Å². The molecule has 0 aliphatic carbocycles. The van der Waals surface area contributed by atoms with Gasteiger partial charge in [-0.3, -0.25) is 14.5 Å². The molecule has 3 rings (SSSR count). The maximum atomic E-state index is 11.9. The summed E-state index contributed by atoms with van der Waals surface area (Å²) < 4.78 is 10.4. The Kier molecular flexibility index (Phi) is 6.30. The smallest absolute Gasteiger partial charge is 0.306 e. The molecule has 0 radical (unpaired) electrons. The van der Waals surface area contributed by atoms with Crippen LogP contribution in [-0.2, 0) is 27.4 Å². The number of carbonyl (C=O) groups is 2. The number of nitrogens with zero attached hydrogens (tertiary/aromatic N) is 4. The Hall–Kier alpha value is -2.59. The molecule has 0 aromatic carbocycles. The Labute approximate surface area is 163 Å². The number of thiazole rings is 1. The third-order valence-electron chi connectivity index (χ3n) is 3.64. The minimum absolute atomic E-state index is 0.0643. The first-order valence-electron chi connectivity index (χ1n) is 8.30. The highest BCUT2D eigenvalue weighted by molar-refractivity contribution is 7.14. The molecule has 8 nitrogen and oxygen atoms in total. The summed E-state index contributed by atoms with van der Waals surface area (Å²) >= 11 is 2.89. The van der Waals surface area contributed by atoms with E-state index in [1.54, 1.807) is 21.6 Å². The quantitative estimate of drug-likeness (QED) is 0.529. The molecule has 1 amide bonds. The van der Waals surface area contributed by atoms with Crippen LogP contribution in [0.15, 0.2) is 26.7 Å². The number of ether oxygens (including phenoxy) is 1. The zero-order chi connectivity index (χ0) is 19.2. The molecule has 0 saturated carbocycles. The third-order valence-corrected chi connectivity index (χ3v) is 5.23. The zero-order valence-electron chi connectivity index (χ0n) is 14.9. The average Bonchev–Trinajstić information content (AvgIpc) is 3.39. The monoisotopic (exact) mass is 406 g/mol. The van der Waals surface area contributed by atoms with Gasteiger partial charge in [0.1, 0.15) is 6.61 Å². The van der Waals surface area contributed by atoms with Crippen molar-refractivity contribution in [2.45, 2.75) is 33.3 Å². The summed E-state index contributed by atoms with van der Waals surface area (Å²) in [5.41, 5.74) is 1.50. The van der Waals surface area contributed by atoms with Crippen LogP contribution in [0.1, 0.15) is 31.9 Å². The maximum absolute atomic E-state index is 11.9. The summed E-state index contributed by atoms with van der Waals surface area (Å²) in [5, 5.41) is 10.1. The highest BCUT2D eigenvalue weighted by Gasteiger charge is 2.15. The molecule has 0 atom stereocenters. The largest absolute Gasteiger partial charge is 0.459 e. The van der Waals surface area contributed by atoms with E-state index in [2.05, 4.69) is 15.1 Å². The number of aromatic nitrogens is 3. The van der Waals surface area contributed by atoms with Gasteiger partial charge in [-0.2, -0.15) is 16.3 Å². The Bertz CT molecular complexity index is 904. The molecule has 0 spiro atoms. The number of hydrogen-bond acceptors (Lipinski definition) is 9. The third kappa shape index (κ3) is 4.98. The first-order valence-corrected chi connectivity index (χ1v) is 10.1. The van der Waals surface area contributed by atoms with Gasteiger partial charge in [-0.15, -0.1) is 11.3 Å². The molecule has 27 heavy (non-hydrogen) atoms. The van der Waals surface area contributed by atoms with Crippen molar-refractivity contribution in [2.75, 3.05) is 11.4 Å². The Morgan fingerprint density at radius 2 is 2.15 bits per heavy atom. The predicted molar refractivity (Wildman–Crippen MR) is 102 cm³/mol. The van der Waals surface area contributed by atoms with E-state index in [4.69, 9.17) is 9.26 Å². The van der Waals surface area contributed by atoms with Crippen LogP contribution in [0.5, 0.6) is 0 Å². The lowest BCUT2D eigenvalue weighted by atomic mass is 10.3.